The number of rotatable bonds is 3. The first kappa shape index (κ1) is 14.0. The average Bonchev–Trinajstić information content (AvgIpc) is 2.28. The maximum atomic E-state index is 12.1. The highest BCUT2D eigenvalue weighted by atomic mass is 16.2. The Balaban J connectivity index is 2.62. The molecule has 2 amide bonds. The molecule has 0 spiro atoms. The molecule has 2 N–H and O–H groups in total. The number of piperidine rings is 1. The van der Waals surface area contributed by atoms with Gasteiger partial charge in [-0.1, -0.05) is 0 Å². The molecule has 0 aromatic heterocycles. The van der Waals surface area contributed by atoms with Crippen LogP contribution < -0.4 is 5.73 Å². The Kier molecular flexibility index (Phi) is 4.93. The zero-order chi connectivity index (χ0) is 13.0. The maximum absolute atomic E-state index is 12.1. The van der Waals surface area contributed by atoms with E-state index in [1.807, 2.05) is 6.92 Å². The maximum Gasteiger partial charge on any atom is 0.232 e. The summed E-state index contributed by atoms with van der Waals surface area (Å²) in [5.41, 5.74) is 5.90. The smallest absolute Gasteiger partial charge is 0.232 e. The first-order valence-electron chi connectivity index (χ1n) is 6.18. The van der Waals surface area contributed by atoms with Crippen molar-refractivity contribution < 1.29 is 9.59 Å². The zero-order valence-electron chi connectivity index (χ0n) is 11.0. The second-order valence-electron chi connectivity index (χ2n) is 4.97. The quantitative estimate of drug-likeness (QED) is 0.717. The van der Waals surface area contributed by atoms with Crippen molar-refractivity contribution in [3.8, 4) is 0 Å². The Morgan fingerprint density at radius 2 is 2.06 bits per heavy atom. The zero-order valence-corrected chi connectivity index (χ0v) is 11.0. The van der Waals surface area contributed by atoms with E-state index in [9.17, 15) is 9.59 Å². The number of amides is 2. The number of nitrogens with zero attached hydrogens (tertiary/aromatic N) is 2. The van der Waals surface area contributed by atoms with Gasteiger partial charge in [-0.15, -0.1) is 0 Å². The van der Waals surface area contributed by atoms with Crippen molar-refractivity contribution in [2.75, 3.05) is 20.6 Å². The molecule has 17 heavy (non-hydrogen) atoms. The molecule has 1 aliphatic heterocycles. The largest absolute Gasteiger partial charge is 0.348 e. The van der Waals surface area contributed by atoms with Gasteiger partial charge in [-0.05, 0) is 26.2 Å². The van der Waals surface area contributed by atoms with Crippen LogP contribution in [0.4, 0.5) is 0 Å². The number of nitrogens with two attached hydrogens (primary N) is 1. The summed E-state index contributed by atoms with van der Waals surface area (Å²) in [5, 5.41) is 0. The molecule has 5 nitrogen and oxygen atoms in total. The molecule has 2 unspecified atom stereocenters. The average molecular weight is 241 g/mol. The second kappa shape index (κ2) is 6.00. The molecular formula is C12H23N3O2. The van der Waals surface area contributed by atoms with Crippen molar-refractivity contribution in [1.82, 2.24) is 9.80 Å². The van der Waals surface area contributed by atoms with Gasteiger partial charge in [0, 0.05) is 32.7 Å². The lowest BCUT2D eigenvalue weighted by molar-refractivity contribution is -0.142. The fourth-order valence-corrected chi connectivity index (χ4v) is 2.20. The molecule has 0 bridgehead atoms. The van der Waals surface area contributed by atoms with Crippen molar-refractivity contribution in [3.63, 3.8) is 0 Å². The fraction of sp³-hybridized carbons (Fsp3) is 0.833. The summed E-state index contributed by atoms with van der Waals surface area (Å²) in [6.07, 6.45) is 3.01. The number of hydrogen-bond acceptors (Lipinski definition) is 3. The lowest BCUT2D eigenvalue weighted by atomic mass is 9.96. The van der Waals surface area contributed by atoms with Crippen LogP contribution in [0.3, 0.4) is 0 Å². The van der Waals surface area contributed by atoms with Crippen molar-refractivity contribution in [2.24, 2.45) is 5.73 Å². The van der Waals surface area contributed by atoms with E-state index in [2.05, 4.69) is 0 Å². The summed E-state index contributed by atoms with van der Waals surface area (Å²) < 4.78 is 0. The van der Waals surface area contributed by atoms with Gasteiger partial charge in [-0.25, -0.2) is 0 Å². The first-order valence-corrected chi connectivity index (χ1v) is 6.18. The molecule has 0 aliphatic carbocycles. The van der Waals surface area contributed by atoms with Gasteiger partial charge >= 0.3 is 0 Å². The van der Waals surface area contributed by atoms with E-state index < -0.39 is 0 Å². The Bertz CT molecular complexity index is 289. The molecule has 0 aromatic rings. The minimum Gasteiger partial charge on any atom is -0.348 e. The molecule has 2 atom stereocenters. The lowest BCUT2D eigenvalue weighted by Gasteiger charge is -2.38. The summed E-state index contributed by atoms with van der Waals surface area (Å²) in [6, 6.07) is 0.0555. The van der Waals surface area contributed by atoms with Crippen LogP contribution >= 0.6 is 0 Å². The third-order valence-corrected chi connectivity index (χ3v) is 3.28. The predicted molar refractivity (Wildman–Crippen MR) is 66.3 cm³/mol. The molecule has 5 heteroatoms. The minimum atomic E-state index is -0.149. The van der Waals surface area contributed by atoms with E-state index >= 15 is 0 Å². The monoisotopic (exact) mass is 241 g/mol. The lowest BCUT2D eigenvalue weighted by Crippen LogP contribution is -2.52. The second-order valence-corrected chi connectivity index (χ2v) is 4.97. The Labute approximate surface area is 103 Å². The molecule has 1 aliphatic rings. The molecule has 98 valence electrons. The topological polar surface area (TPSA) is 66.6 Å². The summed E-state index contributed by atoms with van der Waals surface area (Å²) in [4.78, 5) is 26.8. The van der Waals surface area contributed by atoms with Gasteiger partial charge in [-0.3, -0.25) is 9.59 Å². The van der Waals surface area contributed by atoms with Crippen molar-refractivity contribution in [2.45, 2.75) is 44.7 Å². The van der Waals surface area contributed by atoms with E-state index in [0.717, 1.165) is 25.8 Å². The highest BCUT2D eigenvalue weighted by molar-refractivity contribution is 5.96. The van der Waals surface area contributed by atoms with Crippen molar-refractivity contribution >= 4 is 11.8 Å². The van der Waals surface area contributed by atoms with Gasteiger partial charge in [-0.2, -0.15) is 0 Å². The third-order valence-electron chi connectivity index (χ3n) is 3.28. The number of carbonyl (C=O) groups is 2. The number of hydrogen-bond donors (Lipinski definition) is 1. The van der Waals surface area contributed by atoms with Crippen LogP contribution in [0.25, 0.3) is 0 Å². The third kappa shape index (κ3) is 3.70. The fourth-order valence-electron chi connectivity index (χ4n) is 2.20. The predicted octanol–water partition coefficient (Wildman–Crippen LogP) is 0.193. The highest BCUT2D eigenvalue weighted by Gasteiger charge is 2.30. The molecule has 1 fully saturated rings. The van der Waals surface area contributed by atoms with Crippen molar-refractivity contribution in [1.29, 1.82) is 0 Å². The van der Waals surface area contributed by atoms with E-state index in [-0.39, 0.29) is 30.3 Å². The van der Waals surface area contributed by atoms with Gasteiger partial charge < -0.3 is 15.5 Å². The van der Waals surface area contributed by atoms with Crippen LogP contribution in [0.5, 0.6) is 0 Å². The van der Waals surface area contributed by atoms with Gasteiger partial charge in [0.05, 0.1) is 0 Å². The van der Waals surface area contributed by atoms with E-state index in [4.69, 9.17) is 5.73 Å². The summed E-state index contributed by atoms with van der Waals surface area (Å²) in [5.74, 6) is -0.241. The molecule has 0 saturated carbocycles. The molecule has 1 rings (SSSR count). The van der Waals surface area contributed by atoms with Crippen LogP contribution in [-0.2, 0) is 9.59 Å². The van der Waals surface area contributed by atoms with Gasteiger partial charge in [0.1, 0.15) is 6.42 Å². The highest BCUT2D eigenvalue weighted by Crippen LogP contribution is 2.19. The first-order chi connectivity index (χ1) is 7.93. The Hall–Kier alpha value is -1.10. The standard InChI is InChI=1S/C12H23N3O2/c1-9(13)10-6-4-5-7-15(10)12(17)8-11(16)14(2)3/h9-10H,4-8,13H2,1-3H3. The van der Waals surface area contributed by atoms with E-state index in [1.54, 1.807) is 19.0 Å². The molecule has 1 heterocycles. The van der Waals surface area contributed by atoms with Gasteiger partial charge in [0.2, 0.25) is 11.8 Å². The summed E-state index contributed by atoms with van der Waals surface area (Å²) >= 11 is 0. The van der Waals surface area contributed by atoms with Gasteiger partial charge in [0.25, 0.3) is 0 Å². The molecular weight excluding hydrogens is 218 g/mol. The van der Waals surface area contributed by atoms with Crippen LogP contribution in [0.1, 0.15) is 32.6 Å². The molecule has 0 aromatic carbocycles. The van der Waals surface area contributed by atoms with Crippen LogP contribution in [0.2, 0.25) is 0 Å². The van der Waals surface area contributed by atoms with E-state index in [0.29, 0.717) is 0 Å². The number of carbonyl (C=O) groups excluding carboxylic acids is 2. The molecule has 1 saturated heterocycles. The summed E-state index contributed by atoms with van der Waals surface area (Å²) in [6.45, 7) is 2.65. The SMILES string of the molecule is CC(N)C1CCCCN1C(=O)CC(=O)N(C)C. The summed E-state index contributed by atoms with van der Waals surface area (Å²) in [7, 11) is 3.32. The van der Waals surface area contributed by atoms with Crippen molar-refractivity contribution in [3.05, 3.63) is 0 Å². The Morgan fingerprint density at radius 3 is 2.59 bits per heavy atom. The van der Waals surface area contributed by atoms with Crippen LogP contribution in [0, 0.1) is 0 Å². The number of likely N-dealkylation sites (tertiary alicyclic amines) is 1. The van der Waals surface area contributed by atoms with Crippen LogP contribution in [-0.4, -0.2) is 54.3 Å². The van der Waals surface area contributed by atoms with E-state index in [1.165, 1.54) is 4.90 Å². The Morgan fingerprint density at radius 1 is 1.41 bits per heavy atom. The normalized spacial score (nSPS) is 22.1. The van der Waals surface area contributed by atoms with Gasteiger partial charge in [0.15, 0.2) is 0 Å². The van der Waals surface area contributed by atoms with Crippen LogP contribution in [0.15, 0.2) is 0 Å². The minimum absolute atomic E-state index is 0.0336. The molecule has 0 radical (unpaired) electrons.